The first-order valence-corrected chi connectivity index (χ1v) is 8.86. The lowest BCUT2D eigenvalue weighted by atomic mass is 10.1. The van der Waals surface area contributed by atoms with Gasteiger partial charge >= 0.3 is 0 Å². The molecule has 0 aliphatic carbocycles. The fourth-order valence-electron chi connectivity index (χ4n) is 2.33. The van der Waals surface area contributed by atoms with Gasteiger partial charge in [0.2, 0.25) is 6.79 Å². The zero-order chi connectivity index (χ0) is 17.4. The highest BCUT2D eigenvalue weighted by Crippen LogP contribution is 2.36. The number of hydrogen-bond donors (Lipinski definition) is 1. The van der Waals surface area contributed by atoms with Crippen LogP contribution < -0.4 is 14.8 Å². The van der Waals surface area contributed by atoms with Gasteiger partial charge in [0.1, 0.15) is 0 Å². The number of hydrogen-bond acceptors (Lipinski definition) is 5. The Bertz CT molecular complexity index is 974. The Morgan fingerprint density at radius 3 is 2.76 bits per heavy atom. The molecule has 0 fully saturated rings. The Labute approximate surface area is 157 Å². The largest absolute Gasteiger partial charge is 0.454 e. The van der Waals surface area contributed by atoms with Crippen molar-refractivity contribution in [2.75, 3.05) is 12.1 Å². The van der Waals surface area contributed by atoms with Crippen molar-refractivity contribution in [1.82, 2.24) is 4.98 Å². The van der Waals surface area contributed by atoms with Gasteiger partial charge < -0.3 is 9.47 Å². The van der Waals surface area contributed by atoms with Crippen molar-refractivity contribution < 1.29 is 14.3 Å². The van der Waals surface area contributed by atoms with E-state index < -0.39 is 0 Å². The summed E-state index contributed by atoms with van der Waals surface area (Å²) < 4.78 is 10.7. The fraction of sp³-hybridized carbons (Fsp3) is 0.0588. The minimum Gasteiger partial charge on any atom is -0.454 e. The van der Waals surface area contributed by atoms with E-state index in [9.17, 15) is 4.79 Å². The molecule has 1 aliphatic heterocycles. The number of nitrogens with one attached hydrogen (secondary N) is 1. The SMILES string of the molecule is O=C(Nc1nc(-c2ccc3c(c2)OCO3)cs1)c1ccc(Cl)c(Cl)c1. The van der Waals surface area contributed by atoms with E-state index >= 15 is 0 Å². The number of halogens is 2. The van der Waals surface area contributed by atoms with Crippen molar-refractivity contribution in [3.63, 3.8) is 0 Å². The topological polar surface area (TPSA) is 60.5 Å². The highest BCUT2D eigenvalue weighted by atomic mass is 35.5. The number of aromatic nitrogens is 1. The number of carbonyl (C=O) groups is 1. The average Bonchev–Trinajstić information content (AvgIpc) is 3.25. The standard InChI is InChI=1S/C17H10Cl2N2O3S/c18-11-3-1-10(5-12(11)19)16(22)21-17-20-13(7-25-17)9-2-4-14-15(6-9)24-8-23-14/h1-7H,8H2,(H,20,21,22). The van der Waals surface area contributed by atoms with Gasteiger partial charge in [-0.25, -0.2) is 4.98 Å². The fourth-order valence-corrected chi connectivity index (χ4v) is 3.34. The number of amides is 1. The van der Waals surface area contributed by atoms with Gasteiger partial charge in [-0.2, -0.15) is 0 Å². The van der Waals surface area contributed by atoms with Crippen LogP contribution in [0.4, 0.5) is 5.13 Å². The van der Waals surface area contributed by atoms with Crippen LogP contribution in [0.25, 0.3) is 11.3 Å². The number of carbonyl (C=O) groups excluding carboxylic acids is 1. The monoisotopic (exact) mass is 392 g/mol. The molecule has 1 amide bonds. The third-order valence-electron chi connectivity index (χ3n) is 3.57. The summed E-state index contributed by atoms with van der Waals surface area (Å²) in [4.78, 5) is 16.7. The number of anilines is 1. The lowest BCUT2D eigenvalue weighted by Gasteiger charge is -2.03. The Morgan fingerprint density at radius 2 is 1.92 bits per heavy atom. The van der Waals surface area contributed by atoms with Gasteiger partial charge in [-0.3, -0.25) is 10.1 Å². The van der Waals surface area contributed by atoms with E-state index in [2.05, 4.69) is 10.3 Å². The average molecular weight is 393 g/mol. The van der Waals surface area contributed by atoms with Crippen LogP contribution in [0, 0.1) is 0 Å². The van der Waals surface area contributed by atoms with Crippen molar-refractivity contribution in [3.8, 4) is 22.8 Å². The van der Waals surface area contributed by atoms with E-state index in [-0.39, 0.29) is 12.7 Å². The van der Waals surface area contributed by atoms with Gasteiger partial charge in [0, 0.05) is 16.5 Å². The molecule has 1 aliphatic rings. The molecule has 25 heavy (non-hydrogen) atoms. The molecule has 0 unspecified atom stereocenters. The maximum Gasteiger partial charge on any atom is 0.257 e. The van der Waals surface area contributed by atoms with Crippen LogP contribution in [-0.4, -0.2) is 17.7 Å². The molecule has 0 saturated carbocycles. The molecule has 2 heterocycles. The summed E-state index contributed by atoms with van der Waals surface area (Å²) in [6, 6.07) is 10.3. The molecule has 0 saturated heterocycles. The van der Waals surface area contributed by atoms with Gasteiger partial charge in [-0.05, 0) is 36.4 Å². The maximum absolute atomic E-state index is 12.3. The summed E-state index contributed by atoms with van der Waals surface area (Å²) in [5, 5.41) is 5.84. The minimum atomic E-state index is -0.301. The smallest absolute Gasteiger partial charge is 0.257 e. The van der Waals surface area contributed by atoms with Crippen LogP contribution in [0.5, 0.6) is 11.5 Å². The summed E-state index contributed by atoms with van der Waals surface area (Å²) in [7, 11) is 0. The van der Waals surface area contributed by atoms with Crippen LogP contribution in [0.2, 0.25) is 10.0 Å². The van der Waals surface area contributed by atoms with Crippen LogP contribution in [0.1, 0.15) is 10.4 Å². The third-order valence-corrected chi connectivity index (χ3v) is 5.07. The molecule has 4 rings (SSSR count). The van der Waals surface area contributed by atoms with Gasteiger partial charge in [-0.15, -0.1) is 11.3 Å². The molecule has 5 nitrogen and oxygen atoms in total. The van der Waals surface area contributed by atoms with Crippen molar-refractivity contribution in [3.05, 3.63) is 57.4 Å². The third kappa shape index (κ3) is 3.28. The molecule has 1 N–H and O–H groups in total. The Kier molecular flexibility index (Phi) is 4.25. The first-order chi connectivity index (χ1) is 12.1. The Balaban J connectivity index is 1.53. The zero-order valence-electron chi connectivity index (χ0n) is 12.6. The molecule has 0 atom stereocenters. The van der Waals surface area contributed by atoms with Crippen LogP contribution in [0.15, 0.2) is 41.8 Å². The number of thiazole rings is 1. The van der Waals surface area contributed by atoms with E-state index in [1.54, 1.807) is 12.1 Å². The van der Waals surface area contributed by atoms with Crippen molar-refractivity contribution in [1.29, 1.82) is 0 Å². The summed E-state index contributed by atoms with van der Waals surface area (Å²) in [6.45, 7) is 0.223. The lowest BCUT2D eigenvalue weighted by molar-refractivity contribution is 0.102. The summed E-state index contributed by atoms with van der Waals surface area (Å²) in [6.07, 6.45) is 0. The normalized spacial score (nSPS) is 12.2. The Hall–Kier alpha value is -2.28. The number of ether oxygens (including phenoxy) is 2. The van der Waals surface area contributed by atoms with Crippen LogP contribution >= 0.6 is 34.5 Å². The summed E-state index contributed by atoms with van der Waals surface area (Å²) in [5.74, 6) is 1.10. The van der Waals surface area contributed by atoms with Crippen LogP contribution in [-0.2, 0) is 0 Å². The molecule has 2 aromatic carbocycles. The number of nitrogens with zero attached hydrogens (tertiary/aromatic N) is 1. The Morgan fingerprint density at radius 1 is 1.08 bits per heavy atom. The van der Waals surface area contributed by atoms with Gasteiger partial charge in [0.05, 0.1) is 15.7 Å². The van der Waals surface area contributed by atoms with E-state index in [1.807, 2.05) is 23.6 Å². The number of benzene rings is 2. The van der Waals surface area contributed by atoms with Gasteiger partial charge in [0.15, 0.2) is 16.6 Å². The predicted octanol–water partition coefficient (Wildman–Crippen LogP) is 5.10. The highest BCUT2D eigenvalue weighted by molar-refractivity contribution is 7.14. The highest BCUT2D eigenvalue weighted by Gasteiger charge is 2.16. The predicted molar refractivity (Wildman–Crippen MR) is 98.1 cm³/mol. The van der Waals surface area contributed by atoms with Crippen molar-refractivity contribution >= 4 is 45.6 Å². The molecule has 126 valence electrons. The van der Waals surface area contributed by atoms with E-state index in [0.29, 0.717) is 32.2 Å². The number of fused-ring (bicyclic) bond motifs is 1. The second kappa shape index (κ2) is 6.55. The minimum absolute atomic E-state index is 0.223. The first kappa shape index (κ1) is 16.2. The molecule has 0 spiro atoms. The van der Waals surface area contributed by atoms with Crippen molar-refractivity contribution in [2.45, 2.75) is 0 Å². The van der Waals surface area contributed by atoms with E-state index in [0.717, 1.165) is 11.3 Å². The summed E-state index contributed by atoms with van der Waals surface area (Å²) in [5.41, 5.74) is 2.04. The second-order valence-electron chi connectivity index (χ2n) is 5.19. The van der Waals surface area contributed by atoms with Crippen molar-refractivity contribution in [2.24, 2.45) is 0 Å². The quantitative estimate of drug-likeness (QED) is 0.673. The molecule has 1 aromatic heterocycles. The first-order valence-electron chi connectivity index (χ1n) is 7.22. The second-order valence-corrected chi connectivity index (χ2v) is 6.86. The molecule has 8 heteroatoms. The maximum atomic E-state index is 12.3. The summed E-state index contributed by atoms with van der Waals surface area (Å²) >= 11 is 13.1. The van der Waals surface area contributed by atoms with Crippen LogP contribution in [0.3, 0.4) is 0 Å². The molecule has 3 aromatic rings. The lowest BCUT2D eigenvalue weighted by Crippen LogP contribution is -2.11. The van der Waals surface area contributed by atoms with Gasteiger partial charge in [0.25, 0.3) is 5.91 Å². The van der Waals surface area contributed by atoms with Gasteiger partial charge in [-0.1, -0.05) is 23.2 Å². The van der Waals surface area contributed by atoms with E-state index in [1.165, 1.54) is 17.4 Å². The van der Waals surface area contributed by atoms with E-state index in [4.69, 9.17) is 32.7 Å². The molecule has 0 radical (unpaired) electrons. The number of rotatable bonds is 3. The molecular formula is C17H10Cl2N2O3S. The molecular weight excluding hydrogens is 383 g/mol. The molecule has 0 bridgehead atoms. The zero-order valence-corrected chi connectivity index (χ0v) is 14.9.